The van der Waals surface area contributed by atoms with Crippen LogP contribution >= 0.6 is 23.1 Å². The molecule has 3 heterocycles. The van der Waals surface area contributed by atoms with Gasteiger partial charge in [0.05, 0.1) is 22.9 Å². The number of aromatic nitrogens is 2. The summed E-state index contributed by atoms with van der Waals surface area (Å²) in [5, 5.41) is 6.30. The van der Waals surface area contributed by atoms with Crippen molar-refractivity contribution >= 4 is 39.2 Å². The molecule has 1 aliphatic carbocycles. The van der Waals surface area contributed by atoms with Gasteiger partial charge >= 0.3 is 0 Å². The van der Waals surface area contributed by atoms with Crippen LogP contribution in [-0.2, 0) is 9.53 Å². The minimum absolute atomic E-state index is 0.0448. The molecule has 1 aliphatic heterocycles. The Morgan fingerprint density at radius 3 is 2.83 bits per heavy atom. The molecule has 2 fully saturated rings. The average molecular weight is 442 g/mol. The number of thiophene rings is 1. The lowest BCUT2D eigenvalue weighted by Gasteiger charge is -2.13. The van der Waals surface area contributed by atoms with Gasteiger partial charge in [-0.05, 0) is 54.7 Å². The Morgan fingerprint density at radius 1 is 1.27 bits per heavy atom. The highest BCUT2D eigenvalue weighted by atomic mass is 32.2. The van der Waals surface area contributed by atoms with Crippen molar-refractivity contribution in [2.24, 2.45) is 0 Å². The normalized spacial score (nSPS) is 18.7. The quantitative estimate of drug-likeness (QED) is 0.447. The first kappa shape index (κ1) is 19.8. The highest BCUT2D eigenvalue weighted by molar-refractivity contribution is 7.99. The second-order valence-electron chi connectivity index (χ2n) is 7.74. The summed E-state index contributed by atoms with van der Waals surface area (Å²) < 4.78 is 7.21. The summed E-state index contributed by atoms with van der Waals surface area (Å²) in [6.07, 6.45) is 4.42. The Hall–Kier alpha value is -2.16. The lowest BCUT2D eigenvalue weighted by molar-refractivity contribution is -0.119. The second kappa shape index (κ2) is 8.53. The van der Waals surface area contributed by atoms with Crippen LogP contribution in [-0.4, -0.2) is 40.5 Å². The highest BCUT2D eigenvalue weighted by Gasteiger charge is 2.29. The van der Waals surface area contributed by atoms with Crippen LogP contribution in [0, 0.1) is 0 Å². The molecule has 0 bridgehead atoms. The van der Waals surface area contributed by atoms with Crippen molar-refractivity contribution in [1.82, 2.24) is 14.9 Å². The first-order valence-corrected chi connectivity index (χ1v) is 12.2. The van der Waals surface area contributed by atoms with E-state index in [0.29, 0.717) is 17.6 Å². The van der Waals surface area contributed by atoms with Gasteiger partial charge in [-0.3, -0.25) is 14.2 Å². The third kappa shape index (κ3) is 4.04. The van der Waals surface area contributed by atoms with Crippen LogP contribution in [0.3, 0.4) is 0 Å². The predicted octanol–water partition coefficient (Wildman–Crippen LogP) is 3.71. The van der Waals surface area contributed by atoms with Crippen LogP contribution in [0.1, 0.15) is 37.2 Å². The smallest absolute Gasteiger partial charge is 0.267 e. The van der Waals surface area contributed by atoms with Gasteiger partial charge in [0.25, 0.3) is 5.56 Å². The van der Waals surface area contributed by atoms with Crippen LogP contribution in [0.15, 0.2) is 45.7 Å². The maximum atomic E-state index is 13.5. The molecular weight excluding hydrogens is 418 g/mol. The standard InChI is InChI=1S/C22H23N3O3S2/c26-18(23-11-16-7-4-10-28-16)13-30-22-24-20-19(17(12-29-20)14-8-9-14)21(27)25(22)15-5-2-1-3-6-15/h1-3,5-6,12,14,16H,4,7-11,13H2,(H,23,26). The fraction of sp³-hybridized carbons (Fsp3) is 0.409. The van der Waals surface area contributed by atoms with E-state index in [2.05, 4.69) is 10.7 Å². The number of thioether (sulfide) groups is 1. The molecule has 1 aromatic carbocycles. The first-order valence-electron chi connectivity index (χ1n) is 10.3. The number of carbonyl (C=O) groups is 1. The molecule has 156 valence electrons. The zero-order valence-electron chi connectivity index (χ0n) is 16.5. The fourth-order valence-corrected chi connectivity index (χ4v) is 5.71. The number of nitrogens with one attached hydrogen (secondary N) is 1. The molecule has 8 heteroatoms. The molecule has 30 heavy (non-hydrogen) atoms. The van der Waals surface area contributed by atoms with Gasteiger partial charge in [0, 0.05) is 13.2 Å². The van der Waals surface area contributed by atoms with Crippen molar-refractivity contribution in [2.45, 2.75) is 42.9 Å². The Labute approximate surface area is 182 Å². The number of fused-ring (bicyclic) bond motifs is 1. The third-order valence-corrected chi connectivity index (χ3v) is 7.35. The Bertz CT molecular complexity index is 1120. The van der Waals surface area contributed by atoms with Crippen molar-refractivity contribution in [1.29, 1.82) is 0 Å². The monoisotopic (exact) mass is 441 g/mol. The third-order valence-electron chi connectivity index (χ3n) is 5.52. The minimum Gasteiger partial charge on any atom is -0.376 e. The van der Waals surface area contributed by atoms with Gasteiger partial charge in [0.2, 0.25) is 5.91 Å². The van der Waals surface area contributed by atoms with Crippen molar-refractivity contribution in [3.8, 4) is 5.69 Å². The van der Waals surface area contributed by atoms with E-state index in [1.54, 1.807) is 4.57 Å². The van der Waals surface area contributed by atoms with Crippen LogP contribution in [0.2, 0.25) is 0 Å². The molecule has 1 saturated heterocycles. The summed E-state index contributed by atoms with van der Waals surface area (Å²) in [6.45, 7) is 1.30. The molecule has 1 saturated carbocycles. The summed E-state index contributed by atoms with van der Waals surface area (Å²) in [7, 11) is 0. The number of hydrogen-bond acceptors (Lipinski definition) is 6. The second-order valence-corrected chi connectivity index (χ2v) is 9.54. The summed E-state index contributed by atoms with van der Waals surface area (Å²) in [4.78, 5) is 31.4. The molecule has 5 rings (SSSR count). The Balaban J connectivity index is 1.43. The van der Waals surface area contributed by atoms with E-state index in [0.717, 1.165) is 53.8 Å². The summed E-state index contributed by atoms with van der Waals surface area (Å²) >= 11 is 2.82. The van der Waals surface area contributed by atoms with Crippen LogP contribution < -0.4 is 10.9 Å². The van der Waals surface area contributed by atoms with Gasteiger partial charge in [-0.2, -0.15) is 0 Å². The van der Waals surface area contributed by atoms with E-state index < -0.39 is 0 Å². The zero-order valence-corrected chi connectivity index (χ0v) is 18.1. The molecule has 3 aromatic rings. The number of nitrogens with zero attached hydrogens (tertiary/aromatic N) is 2. The molecule has 1 atom stereocenters. The van der Waals surface area contributed by atoms with E-state index >= 15 is 0 Å². The molecule has 2 aliphatic rings. The largest absolute Gasteiger partial charge is 0.376 e. The van der Waals surface area contributed by atoms with Crippen molar-refractivity contribution in [3.63, 3.8) is 0 Å². The number of hydrogen-bond donors (Lipinski definition) is 1. The molecule has 0 spiro atoms. The lowest BCUT2D eigenvalue weighted by atomic mass is 10.1. The van der Waals surface area contributed by atoms with E-state index in [1.807, 2.05) is 30.3 Å². The zero-order chi connectivity index (χ0) is 20.5. The highest BCUT2D eigenvalue weighted by Crippen LogP contribution is 2.44. The number of benzene rings is 1. The lowest BCUT2D eigenvalue weighted by Crippen LogP contribution is -2.33. The van der Waals surface area contributed by atoms with Gasteiger partial charge in [0.1, 0.15) is 4.83 Å². The van der Waals surface area contributed by atoms with Crippen molar-refractivity contribution in [3.05, 3.63) is 51.6 Å². The molecule has 1 unspecified atom stereocenters. The number of carbonyl (C=O) groups excluding carboxylic acids is 1. The van der Waals surface area contributed by atoms with Gasteiger partial charge in [-0.25, -0.2) is 4.98 Å². The van der Waals surface area contributed by atoms with E-state index in [1.165, 1.54) is 23.1 Å². The number of rotatable bonds is 7. The predicted molar refractivity (Wildman–Crippen MR) is 120 cm³/mol. The molecule has 2 aromatic heterocycles. The molecule has 1 N–H and O–H groups in total. The number of amides is 1. The summed E-state index contributed by atoms with van der Waals surface area (Å²) in [5.74, 6) is 0.618. The maximum Gasteiger partial charge on any atom is 0.267 e. The molecule has 6 nitrogen and oxygen atoms in total. The first-order chi connectivity index (χ1) is 14.7. The maximum absolute atomic E-state index is 13.5. The van der Waals surface area contributed by atoms with E-state index in [-0.39, 0.29) is 23.3 Å². The summed E-state index contributed by atoms with van der Waals surface area (Å²) in [5.41, 5.74) is 1.85. The summed E-state index contributed by atoms with van der Waals surface area (Å²) in [6, 6.07) is 9.54. The SMILES string of the molecule is O=C(CSc1nc2scc(C3CC3)c2c(=O)n1-c1ccccc1)NCC1CCCO1. The van der Waals surface area contributed by atoms with Gasteiger partial charge < -0.3 is 10.1 Å². The van der Waals surface area contributed by atoms with Gasteiger partial charge in [-0.1, -0.05) is 30.0 Å². The number of para-hydroxylation sites is 1. The molecular formula is C22H23N3O3S2. The van der Waals surface area contributed by atoms with Crippen LogP contribution in [0.25, 0.3) is 15.9 Å². The van der Waals surface area contributed by atoms with E-state index in [9.17, 15) is 9.59 Å². The number of ether oxygens (including phenoxy) is 1. The average Bonchev–Trinajstić information content (AvgIpc) is 3.30. The minimum atomic E-state index is -0.0747. The fourth-order valence-electron chi connectivity index (χ4n) is 3.80. The van der Waals surface area contributed by atoms with Crippen molar-refractivity contribution in [2.75, 3.05) is 18.9 Å². The van der Waals surface area contributed by atoms with Crippen LogP contribution in [0.5, 0.6) is 0 Å². The Kier molecular flexibility index (Phi) is 5.62. The topological polar surface area (TPSA) is 73.2 Å². The molecule has 1 amide bonds. The van der Waals surface area contributed by atoms with Gasteiger partial charge in [-0.15, -0.1) is 11.3 Å². The van der Waals surface area contributed by atoms with Gasteiger partial charge in [0.15, 0.2) is 5.16 Å². The van der Waals surface area contributed by atoms with Crippen molar-refractivity contribution < 1.29 is 9.53 Å². The van der Waals surface area contributed by atoms with Crippen LogP contribution in [0.4, 0.5) is 0 Å². The van der Waals surface area contributed by atoms with E-state index in [4.69, 9.17) is 9.72 Å². The molecule has 0 radical (unpaired) electrons. The Morgan fingerprint density at radius 2 is 2.10 bits per heavy atom.